The van der Waals surface area contributed by atoms with Crippen molar-refractivity contribution in [3.8, 4) is 0 Å². The maximum atomic E-state index is 13.8. The van der Waals surface area contributed by atoms with Gasteiger partial charge in [-0.15, -0.1) is 0 Å². The molecule has 2 aromatic carbocycles. The van der Waals surface area contributed by atoms with E-state index in [0.29, 0.717) is 24.5 Å². The van der Waals surface area contributed by atoms with Crippen molar-refractivity contribution in [3.63, 3.8) is 0 Å². The number of nitrogens with one attached hydrogen (secondary N) is 3. The van der Waals surface area contributed by atoms with E-state index in [4.69, 9.17) is 0 Å². The maximum absolute atomic E-state index is 13.8. The first-order valence-corrected chi connectivity index (χ1v) is 7.68. The Morgan fingerprint density at radius 3 is 2.56 bits per heavy atom. The van der Waals surface area contributed by atoms with Crippen LogP contribution >= 0.6 is 0 Å². The second kappa shape index (κ2) is 7.16. The lowest BCUT2D eigenvalue weighted by Crippen LogP contribution is -2.38. The number of hydrogen-bond acceptors (Lipinski definition) is 4. The standard InChI is InChI=1S/C17H16F2N4O2/c18-11-5-6-13(12(19)9-11)22-15-4-2-1-3-14(15)21-10-16(24)23-8-7-20-17(23)25/h1-6,9,21-22H,7-8,10H2,(H,20,25). The molecule has 130 valence electrons. The molecule has 3 rings (SSSR count). The second-order valence-electron chi connectivity index (χ2n) is 5.43. The van der Waals surface area contributed by atoms with Gasteiger partial charge >= 0.3 is 6.03 Å². The Hall–Kier alpha value is -3.16. The Labute approximate surface area is 142 Å². The summed E-state index contributed by atoms with van der Waals surface area (Å²) < 4.78 is 26.8. The third-order valence-electron chi connectivity index (χ3n) is 3.72. The van der Waals surface area contributed by atoms with Gasteiger partial charge in [-0.05, 0) is 24.3 Å². The van der Waals surface area contributed by atoms with E-state index in [1.807, 2.05) is 0 Å². The average Bonchev–Trinajstić information content (AvgIpc) is 3.02. The van der Waals surface area contributed by atoms with E-state index in [9.17, 15) is 18.4 Å². The highest BCUT2D eigenvalue weighted by Crippen LogP contribution is 2.27. The van der Waals surface area contributed by atoms with Gasteiger partial charge in [-0.2, -0.15) is 0 Å². The van der Waals surface area contributed by atoms with Crippen molar-refractivity contribution in [1.29, 1.82) is 0 Å². The summed E-state index contributed by atoms with van der Waals surface area (Å²) in [5.41, 5.74) is 1.19. The zero-order chi connectivity index (χ0) is 17.8. The number of imide groups is 1. The van der Waals surface area contributed by atoms with Gasteiger partial charge in [0.2, 0.25) is 5.91 Å². The van der Waals surface area contributed by atoms with Crippen molar-refractivity contribution in [2.24, 2.45) is 0 Å². The number of rotatable bonds is 5. The first-order valence-electron chi connectivity index (χ1n) is 7.68. The minimum atomic E-state index is -0.723. The molecule has 1 aliphatic rings. The molecular weight excluding hydrogens is 330 g/mol. The van der Waals surface area contributed by atoms with Crippen LogP contribution in [0.1, 0.15) is 0 Å². The number of anilines is 3. The van der Waals surface area contributed by atoms with Crippen LogP contribution in [0, 0.1) is 11.6 Å². The number of nitrogens with zero attached hydrogens (tertiary/aromatic N) is 1. The minimum absolute atomic E-state index is 0.0853. The van der Waals surface area contributed by atoms with E-state index in [-0.39, 0.29) is 18.1 Å². The van der Waals surface area contributed by atoms with Gasteiger partial charge in [-0.25, -0.2) is 13.6 Å². The zero-order valence-electron chi connectivity index (χ0n) is 13.2. The predicted molar refractivity (Wildman–Crippen MR) is 89.7 cm³/mol. The van der Waals surface area contributed by atoms with Crippen LogP contribution in [-0.4, -0.2) is 36.5 Å². The summed E-state index contributed by atoms with van der Waals surface area (Å²) in [6.45, 7) is 0.685. The highest BCUT2D eigenvalue weighted by Gasteiger charge is 2.25. The van der Waals surface area contributed by atoms with Gasteiger partial charge in [0.05, 0.1) is 23.6 Å². The Bertz CT molecular complexity index is 813. The fourth-order valence-corrected chi connectivity index (χ4v) is 2.46. The molecule has 0 unspecified atom stereocenters. The Balaban J connectivity index is 1.70. The van der Waals surface area contributed by atoms with E-state index in [0.717, 1.165) is 17.0 Å². The molecule has 2 aromatic rings. The number of benzene rings is 2. The molecule has 0 bridgehead atoms. The van der Waals surface area contributed by atoms with Crippen molar-refractivity contribution in [1.82, 2.24) is 10.2 Å². The Morgan fingerprint density at radius 2 is 1.88 bits per heavy atom. The van der Waals surface area contributed by atoms with Crippen LogP contribution in [-0.2, 0) is 4.79 Å². The molecule has 3 amide bonds. The van der Waals surface area contributed by atoms with E-state index in [1.165, 1.54) is 6.07 Å². The van der Waals surface area contributed by atoms with Crippen LogP contribution in [0.25, 0.3) is 0 Å². The third kappa shape index (κ3) is 3.85. The number of para-hydroxylation sites is 2. The summed E-state index contributed by atoms with van der Waals surface area (Å²) in [6.07, 6.45) is 0. The van der Waals surface area contributed by atoms with Crippen LogP contribution in [0.4, 0.5) is 30.6 Å². The van der Waals surface area contributed by atoms with Gasteiger partial charge in [0.25, 0.3) is 0 Å². The van der Waals surface area contributed by atoms with Gasteiger partial charge in [-0.1, -0.05) is 12.1 Å². The van der Waals surface area contributed by atoms with Crippen molar-refractivity contribution < 1.29 is 18.4 Å². The number of hydrogen-bond donors (Lipinski definition) is 3. The van der Waals surface area contributed by atoms with E-state index < -0.39 is 17.7 Å². The molecule has 0 aliphatic carbocycles. The number of urea groups is 1. The molecule has 6 nitrogen and oxygen atoms in total. The van der Waals surface area contributed by atoms with E-state index >= 15 is 0 Å². The zero-order valence-corrected chi connectivity index (χ0v) is 13.2. The number of halogens is 2. The largest absolute Gasteiger partial charge is 0.374 e. The topological polar surface area (TPSA) is 73.5 Å². The number of amides is 3. The highest BCUT2D eigenvalue weighted by atomic mass is 19.1. The summed E-state index contributed by atoms with van der Waals surface area (Å²) in [7, 11) is 0. The first kappa shape index (κ1) is 16.7. The normalized spacial score (nSPS) is 13.5. The number of carbonyl (C=O) groups is 2. The molecule has 3 N–H and O–H groups in total. The summed E-state index contributed by atoms with van der Waals surface area (Å²) in [5, 5.41) is 8.35. The van der Waals surface area contributed by atoms with Crippen molar-refractivity contribution in [3.05, 3.63) is 54.1 Å². The molecule has 1 heterocycles. The van der Waals surface area contributed by atoms with E-state index in [1.54, 1.807) is 24.3 Å². The van der Waals surface area contributed by atoms with Crippen molar-refractivity contribution in [2.75, 3.05) is 30.3 Å². The first-order chi connectivity index (χ1) is 12.0. The summed E-state index contributed by atoms with van der Waals surface area (Å²) in [5.74, 6) is -1.75. The van der Waals surface area contributed by atoms with E-state index in [2.05, 4.69) is 16.0 Å². The molecule has 1 aliphatic heterocycles. The lowest BCUT2D eigenvalue weighted by Gasteiger charge is -2.16. The monoisotopic (exact) mass is 346 g/mol. The highest BCUT2D eigenvalue weighted by molar-refractivity contribution is 5.97. The van der Waals surface area contributed by atoms with Gasteiger partial charge in [-0.3, -0.25) is 9.69 Å². The maximum Gasteiger partial charge on any atom is 0.324 e. The molecular formula is C17H16F2N4O2. The fraction of sp³-hybridized carbons (Fsp3) is 0.176. The van der Waals surface area contributed by atoms with Crippen LogP contribution in [0.15, 0.2) is 42.5 Å². The van der Waals surface area contributed by atoms with Crippen LogP contribution in [0.2, 0.25) is 0 Å². The summed E-state index contributed by atoms with van der Waals surface area (Å²) >= 11 is 0. The predicted octanol–water partition coefficient (Wildman–Crippen LogP) is 2.67. The number of carbonyl (C=O) groups excluding carboxylic acids is 2. The smallest absolute Gasteiger partial charge is 0.324 e. The fourth-order valence-electron chi connectivity index (χ4n) is 2.46. The molecule has 1 saturated heterocycles. The lowest BCUT2D eigenvalue weighted by molar-refractivity contribution is -0.125. The lowest BCUT2D eigenvalue weighted by atomic mass is 10.2. The molecule has 0 radical (unpaired) electrons. The molecule has 0 saturated carbocycles. The van der Waals surface area contributed by atoms with Gasteiger partial charge in [0.1, 0.15) is 11.6 Å². The molecule has 0 aromatic heterocycles. The third-order valence-corrected chi connectivity index (χ3v) is 3.72. The Morgan fingerprint density at radius 1 is 1.12 bits per heavy atom. The van der Waals surface area contributed by atoms with Gasteiger partial charge in [0, 0.05) is 19.2 Å². The van der Waals surface area contributed by atoms with Crippen LogP contribution in [0.3, 0.4) is 0 Å². The molecule has 8 heteroatoms. The van der Waals surface area contributed by atoms with Crippen molar-refractivity contribution >= 4 is 29.0 Å². The quantitative estimate of drug-likeness (QED) is 0.778. The van der Waals surface area contributed by atoms with Crippen molar-refractivity contribution in [2.45, 2.75) is 0 Å². The summed E-state index contributed by atoms with van der Waals surface area (Å²) in [4.78, 5) is 24.7. The molecule has 0 spiro atoms. The molecule has 0 atom stereocenters. The van der Waals surface area contributed by atoms with Crippen LogP contribution in [0.5, 0.6) is 0 Å². The van der Waals surface area contributed by atoms with Gasteiger partial charge in [0.15, 0.2) is 0 Å². The summed E-state index contributed by atoms with van der Waals surface area (Å²) in [6, 6.07) is 9.71. The molecule has 25 heavy (non-hydrogen) atoms. The SMILES string of the molecule is O=C(CNc1ccccc1Nc1ccc(F)cc1F)N1CCNC1=O. The second-order valence-corrected chi connectivity index (χ2v) is 5.43. The Kier molecular flexibility index (Phi) is 4.78. The van der Waals surface area contributed by atoms with Gasteiger partial charge < -0.3 is 16.0 Å². The van der Waals surface area contributed by atoms with Crippen LogP contribution < -0.4 is 16.0 Å². The minimum Gasteiger partial charge on any atom is -0.374 e. The average molecular weight is 346 g/mol. The molecule has 1 fully saturated rings.